The maximum absolute atomic E-state index is 13.0. The van der Waals surface area contributed by atoms with Crippen LogP contribution in [-0.4, -0.2) is 37.7 Å². The van der Waals surface area contributed by atoms with Crippen LogP contribution in [0.5, 0.6) is 11.5 Å². The van der Waals surface area contributed by atoms with Crippen LogP contribution < -0.4 is 9.47 Å². The molecule has 0 saturated carbocycles. The van der Waals surface area contributed by atoms with Crippen LogP contribution in [0.1, 0.15) is 50.9 Å². The molecule has 1 aromatic rings. The Bertz CT molecular complexity index is 648. The molecule has 8 heteroatoms. The predicted octanol–water partition coefficient (Wildman–Crippen LogP) is 4.58. The highest BCUT2D eigenvalue weighted by molar-refractivity contribution is 5.94. The van der Waals surface area contributed by atoms with Crippen LogP contribution in [0, 0.1) is 5.41 Å². The van der Waals surface area contributed by atoms with Gasteiger partial charge in [-0.1, -0.05) is 20.8 Å². The number of halogens is 3. The van der Waals surface area contributed by atoms with Crippen molar-refractivity contribution in [2.45, 2.75) is 52.8 Å². The van der Waals surface area contributed by atoms with E-state index >= 15 is 0 Å². The minimum absolute atomic E-state index is 0.0804. The van der Waals surface area contributed by atoms with Crippen molar-refractivity contribution in [3.63, 3.8) is 0 Å². The Morgan fingerprint density at radius 1 is 1.11 bits per heavy atom. The van der Waals surface area contributed by atoms with Crippen LogP contribution in [0.25, 0.3) is 0 Å². The lowest BCUT2D eigenvalue weighted by molar-refractivity contribution is -0.244. The van der Waals surface area contributed by atoms with Gasteiger partial charge in [0.05, 0.1) is 13.7 Å². The molecule has 1 rings (SSSR count). The van der Waals surface area contributed by atoms with Gasteiger partial charge in [0.1, 0.15) is 0 Å². The molecule has 1 aromatic carbocycles. The highest BCUT2D eigenvalue weighted by Crippen LogP contribution is 2.36. The topological polar surface area (TPSA) is 61.8 Å². The van der Waals surface area contributed by atoms with Crippen LogP contribution in [0.2, 0.25) is 0 Å². The Morgan fingerprint density at radius 3 is 2.22 bits per heavy atom. The molecule has 0 saturated heterocycles. The number of hydrogen-bond donors (Lipinski definition) is 0. The molecule has 0 spiro atoms. The average Bonchev–Trinajstić information content (AvgIpc) is 2.54. The number of Topliss-reactive ketones (excluding diaryl/α,β-unsaturated/α-hetero) is 1. The minimum atomic E-state index is -4.63. The number of methoxy groups -OCH3 is 1. The van der Waals surface area contributed by atoms with Gasteiger partial charge in [-0.2, -0.15) is 13.2 Å². The molecule has 0 radical (unpaired) electrons. The Morgan fingerprint density at radius 2 is 1.74 bits per heavy atom. The highest BCUT2D eigenvalue weighted by Gasteiger charge is 2.49. The number of esters is 1. The van der Waals surface area contributed by atoms with E-state index in [2.05, 4.69) is 4.74 Å². The molecule has 27 heavy (non-hydrogen) atoms. The molecule has 0 N–H and O–H groups in total. The molecule has 0 amide bonds. The van der Waals surface area contributed by atoms with Crippen LogP contribution in [0.15, 0.2) is 18.2 Å². The van der Waals surface area contributed by atoms with Crippen molar-refractivity contribution in [1.82, 2.24) is 0 Å². The third-order valence-electron chi connectivity index (χ3n) is 3.69. The molecule has 0 aliphatic heterocycles. The van der Waals surface area contributed by atoms with Gasteiger partial charge in [0.2, 0.25) is 6.10 Å². The summed E-state index contributed by atoms with van der Waals surface area (Å²) in [6.07, 6.45) is -6.84. The summed E-state index contributed by atoms with van der Waals surface area (Å²) >= 11 is 0. The lowest BCUT2D eigenvalue weighted by atomic mass is 9.88. The van der Waals surface area contributed by atoms with Crippen molar-refractivity contribution in [2.75, 3.05) is 13.7 Å². The summed E-state index contributed by atoms with van der Waals surface area (Å²) in [6, 6.07) is 4.67. The SMILES string of the molecule is COc1cc(C(C)=O)ccc1OCCCC(=O)O[C@H](C(C)(C)C)C(F)(F)F. The van der Waals surface area contributed by atoms with E-state index in [9.17, 15) is 22.8 Å². The quantitative estimate of drug-likeness (QED) is 0.369. The fourth-order valence-electron chi connectivity index (χ4n) is 2.33. The van der Waals surface area contributed by atoms with Crippen molar-refractivity contribution in [2.24, 2.45) is 5.41 Å². The maximum Gasteiger partial charge on any atom is 0.426 e. The smallest absolute Gasteiger partial charge is 0.426 e. The molecule has 0 bridgehead atoms. The molecule has 0 aromatic heterocycles. The van der Waals surface area contributed by atoms with E-state index < -0.39 is 23.7 Å². The van der Waals surface area contributed by atoms with Gasteiger partial charge in [-0.25, -0.2) is 0 Å². The number of carbonyl (C=O) groups excluding carboxylic acids is 2. The van der Waals surface area contributed by atoms with Crippen molar-refractivity contribution in [3.8, 4) is 11.5 Å². The first-order chi connectivity index (χ1) is 12.4. The van der Waals surface area contributed by atoms with E-state index in [1.807, 2.05) is 0 Å². The second-order valence-electron chi connectivity index (χ2n) is 7.15. The van der Waals surface area contributed by atoms with Crippen molar-refractivity contribution < 1.29 is 37.0 Å². The third-order valence-corrected chi connectivity index (χ3v) is 3.69. The van der Waals surface area contributed by atoms with Crippen LogP contribution in [0.3, 0.4) is 0 Å². The number of benzene rings is 1. The van der Waals surface area contributed by atoms with Gasteiger partial charge >= 0.3 is 12.1 Å². The normalized spacial score (nSPS) is 13.0. The van der Waals surface area contributed by atoms with Gasteiger partial charge < -0.3 is 14.2 Å². The van der Waals surface area contributed by atoms with Gasteiger partial charge in [-0.05, 0) is 31.5 Å². The largest absolute Gasteiger partial charge is 0.493 e. The van der Waals surface area contributed by atoms with E-state index in [-0.39, 0.29) is 25.2 Å². The zero-order chi connectivity index (χ0) is 20.8. The van der Waals surface area contributed by atoms with E-state index in [4.69, 9.17) is 9.47 Å². The molecule has 0 aliphatic rings. The molecule has 1 atom stereocenters. The summed E-state index contributed by atoms with van der Waals surface area (Å²) in [5.41, 5.74) is -0.792. The third kappa shape index (κ3) is 7.11. The van der Waals surface area contributed by atoms with Crippen LogP contribution in [-0.2, 0) is 9.53 Å². The highest BCUT2D eigenvalue weighted by atomic mass is 19.4. The van der Waals surface area contributed by atoms with Gasteiger partial charge in [0.25, 0.3) is 0 Å². The molecule has 0 heterocycles. The summed E-state index contributed by atoms with van der Waals surface area (Å²) in [7, 11) is 1.42. The Balaban J connectivity index is 2.56. The van der Waals surface area contributed by atoms with E-state index in [1.54, 1.807) is 12.1 Å². The molecule has 152 valence electrons. The van der Waals surface area contributed by atoms with Gasteiger partial charge in [-0.3, -0.25) is 9.59 Å². The summed E-state index contributed by atoms with van der Waals surface area (Å²) < 4.78 is 54.3. The second kappa shape index (κ2) is 9.10. The lowest BCUT2D eigenvalue weighted by Gasteiger charge is -2.31. The van der Waals surface area contributed by atoms with Gasteiger partial charge in [0.15, 0.2) is 17.3 Å². The van der Waals surface area contributed by atoms with Crippen molar-refractivity contribution in [3.05, 3.63) is 23.8 Å². The first-order valence-electron chi connectivity index (χ1n) is 8.44. The molecule has 0 fully saturated rings. The van der Waals surface area contributed by atoms with Crippen molar-refractivity contribution in [1.29, 1.82) is 0 Å². The van der Waals surface area contributed by atoms with E-state index in [1.165, 1.54) is 40.9 Å². The Kier molecular flexibility index (Phi) is 7.68. The number of carbonyl (C=O) groups is 2. The molecular weight excluding hydrogens is 365 g/mol. The first kappa shape index (κ1) is 22.8. The maximum atomic E-state index is 13.0. The summed E-state index contributed by atoms with van der Waals surface area (Å²) in [5, 5.41) is 0. The van der Waals surface area contributed by atoms with Crippen LogP contribution >= 0.6 is 0 Å². The Labute approximate surface area is 156 Å². The second-order valence-corrected chi connectivity index (χ2v) is 7.15. The van der Waals surface area contributed by atoms with Crippen molar-refractivity contribution >= 4 is 11.8 Å². The number of ketones is 1. The van der Waals surface area contributed by atoms with Gasteiger partial charge in [-0.15, -0.1) is 0 Å². The zero-order valence-electron chi connectivity index (χ0n) is 16.1. The Hall–Kier alpha value is -2.25. The standard InChI is InChI=1S/C19H25F3O5/c1-12(23)13-8-9-14(15(11-13)25-5)26-10-6-7-16(24)27-17(18(2,3)4)19(20,21)22/h8-9,11,17H,6-7,10H2,1-5H3/t17-/m1/s1. The molecule has 0 aliphatic carbocycles. The summed E-state index contributed by atoms with van der Waals surface area (Å²) in [6.45, 7) is 5.58. The van der Waals surface area contributed by atoms with Gasteiger partial charge in [0, 0.05) is 17.4 Å². The fourth-order valence-corrected chi connectivity index (χ4v) is 2.33. The summed E-state index contributed by atoms with van der Waals surface area (Å²) in [4.78, 5) is 23.1. The first-order valence-corrected chi connectivity index (χ1v) is 8.44. The van der Waals surface area contributed by atoms with Crippen LogP contribution in [0.4, 0.5) is 13.2 Å². The van der Waals surface area contributed by atoms with E-state index in [0.717, 1.165) is 0 Å². The minimum Gasteiger partial charge on any atom is -0.493 e. The lowest BCUT2D eigenvalue weighted by Crippen LogP contribution is -2.43. The zero-order valence-corrected chi connectivity index (χ0v) is 16.1. The van der Waals surface area contributed by atoms with E-state index in [0.29, 0.717) is 17.1 Å². The predicted molar refractivity (Wildman–Crippen MR) is 93.1 cm³/mol. The molecule has 0 unspecified atom stereocenters. The number of rotatable bonds is 8. The molecule has 5 nitrogen and oxygen atoms in total. The number of hydrogen-bond acceptors (Lipinski definition) is 5. The molecular formula is C19H25F3O5. The fraction of sp³-hybridized carbons (Fsp3) is 0.579. The number of ether oxygens (including phenoxy) is 3. The summed E-state index contributed by atoms with van der Waals surface area (Å²) in [5.74, 6) is -0.329. The monoisotopic (exact) mass is 390 g/mol. The number of alkyl halides is 3. The average molecular weight is 390 g/mol.